The Morgan fingerprint density at radius 2 is 1.53 bits per heavy atom. The number of hydrogen-bond donors (Lipinski definition) is 2. The molecule has 3 amide bonds. The lowest BCUT2D eigenvalue weighted by atomic mass is 10.1. The molecule has 168 valence electrons. The Labute approximate surface area is 186 Å². The van der Waals surface area contributed by atoms with Gasteiger partial charge in [-0.25, -0.2) is 4.79 Å². The Bertz CT molecular complexity index is 999. The molecular formula is C24H27N3O5. The number of carbonyl (C=O) groups is 4. The first-order valence-electron chi connectivity index (χ1n) is 10.6. The van der Waals surface area contributed by atoms with Crippen LogP contribution in [0.25, 0.3) is 0 Å². The largest absolute Gasteiger partial charge is 0.462 e. The molecule has 0 aliphatic carbocycles. The predicted octanol–water partition coefficient (Wildman–Crippen LogP) is 3.31. The molecule has 0 aromatic heterocycles. The lowest BCUT2D eigenvalue weighted by Crippen LogP contribution is -2.33. The minimum absolute atomic E-state index is 0.0116. The SMILES string of the molecule is CCOC(=O)c1ccc(NC(=O)c2ccc(NC(=O)C3CC(=O)N(C(C)C)C3)cc2)cc1. The van der Waals surface area contributed by atoms with Gasteiger partial charge in [-0.1, -0.05) is 0 Å². The molecule has 1 aliphatic heterocycles. The van der Waals surface area contributed by atoms with Gasteiger partial charge in [0.1, 0.15) is 0 Å². The molecule has 1 saturated heterocycles. The van der Waals surface area contributed by atoms with Crippen molar-refractivity contribution in [2.75, 3.05) is 23.8 Å². The summed E-state index contributed by atoms with van der Waals surface area (Å²) in [5.41, 5.74) is 1.92. The molecule has 2 aromatic carbocycles. The van der Waals surface area contributed by atoms with E-state index in [1.54, 1.807) is 60.4 Å². The number of anilines is 2. The van der Waals surface area contributed by atoms with E-state index in [9.17, 15) is 19.2 Å². The summed E-state index contributed by atoms with van der Waals surface area (Å²) in [5, 5.41) is 5.57. The molecule has 0 radical (unpaired) electrons. The summed E-state index contributed by atoms with van der Waals surface area (Å²) < 4.78 is 4.93. The van der Waals surface area contributed by atoms with Crippen LogP contribution >= 0.6 is 0 Å². The summed E-state index contributed by atoms with van der Waals surface area (Å²) in [5.74, 6) is -1.34. The highest BCUT2D eigenvalue weighted by atomic mass is 16.5. The van der Waals surface area contributed by atoms with E-state index < -0.39 is 5.97 Å². The number of esters is 1. The second-order valence-electron chi connectivity index (χ2n) is 7.86. The first-order chi connectivity index (χ1) is 15.3. The average Bonchev–Trinajstić information content (AvgIpc) is 3.17. The summed E-state index contributed by atoms with van der Waals surface area (Å²) in [6.45, 7) is 6.30. The fraction of sp³-hybridized carbons (Fsp3) is 0.333. The molecule has 32 heavy (non-hydrogen) atoms. The highest BCUT2D eigenvalue weighted by molar-refractivity contribution is 6.05. The van der Waals surface area contributed by atoms with Crippen LogP contribution in [-0.4, -0.2) is 47.8 Å². The Morgan fingerprint density at radius 3 is 2.06 bits per heavy atom. The normalized spacial score (nSPS) is 15.6. The molecule has 1 heterocycles. The van der Waals surface area contributed by atoms with E-state index in [4.69, 9.17) is 4.74 Å². The van der Waals surface area contributed by atoms with E-state index in [2.05, 4.69) is 10.6 Å². The van der Waals surface area contributed by atoms with Crippen LogP contribution in [0.15, 0.2) is 48.5 Å². The number of rotatable bonds is 7. The van der Waals surface area contributed by atoms with Crippen molar-refractivity contribution in [3.63, 3.8) is 0 Å². The summed E-state index contributed by atoms with van der Waals surface area (Å²) in [7, 11) is 0. The number of nitrogens with zero attached hydrogens (tertiary/aromatic N) is 1. The Balaban J connectivity index is 1.56. The topological polar surface area (TPSA) is 105 Å². The van der Waals surface area contributed by atoms with Crippen molar-refractivity contribution < 1.29 is 23.9 Å². The van der Waals surface area contributed by atoms with Crippen molar-refractivity contribution in [2.24, 2.45) is 5.92 Å². The van der Waals surface area contributed by atoms with Crippen LogP contribution in [0.3, 0.4) is 0 Å². The molecule has 1 atom stereocenters. The van der Waals surface area contributed by atoms with E-state index >= 15 is 0 Å². The molecule has 2 N–H and O–H groups in total. The minimum Gasteiger partial charge on any atom is -0.462 e. The molecule has 0 spiro atoms. The quantitative estimate of drug-likeness (QED) is 0.647. The zero-order chi connectivity index (χ0) is 23.3. The van der Waals surface area contributed by atoms with Gasteiger partial charge in [-0.3, -0.25) is 14.4 Å². The third kappa shape index (κ3) is 5.51. The van der Waals surface area contributed by atoms with Crippen molar-refractivity contribution in [1.82, 2.24) is 4.90 Å². The number of hydrogen-bond acceptors (Lipinski definition) is 5. The maximum absolute atomic E-state index is 12.5. The van der Waals surface area contributed by atoms with E-state index in [1.807, 2.05) is 13.8 Å². The third-order valence-corrected chi connectivity index (χ3v) is 5.22. The molecule has 8 nitrogen and oxygen atoms in total. The zero-order valence-electron chi connectivity index (χ0n) is 18.4. The molecule has 1 aliphatic rings. The monoisotopic (exact) mass is 437 g/mol. The fourth-order valence-electron chi connectivity index (χ4n) is 3.46. The second-order valence-corrected chi connectivity index (χ2v) is 7.86. The molecular weight excluding hydrogens is 410 g/mol. The van der Waals surface area contributed by atoms with E-state index in [0.29, 0.717) is 35.7 Å². The van der Waals surface area contributed by atoms with Crippen molar-refractivity contribution in [2.45, 2.75) is 33.2 Å². The van der Waals surface area contributed by atoms with Gasteiger partial charge in [-0.2, -0.15) is 0 Å². The maximum Gasteiger partial charge on any atom is 0.338 e. The Kier molecular flexibility index (Phi) is 7.25. The standard InChI is InChI=1S/C24H27N3O5/c1-4-32-24(31)17-7-11-20(12-8-17)25-22(29)16-5-9-19(10-6-16)26-23(30)18-13-21(28)27(14-18)15(2)3/h5-12,15,18H,4,13-14H2,1-3H3,(H,25,29)(H,26,30). The van der Waals surface area contributed by atoms with Gasteiger partial charge in [0, 0.05) is 35.9 Å². The predicted molar refractivity (Wildman–Crippen MR) is 120 cm³/mol. The van der Waals surface area contributed by atoms with Crippen molar-refractivity contribution in [1.29, 1.82) is 0 Å². The third-order valence-electron chi connectivity index (χ3n) is 5.22. The van der Waals surface area contributed by atoms with Crippen molar-refractivity contribution in [3.05, 3.63) is 59.7 Å². The van der Waals surface area contributed by atoms with Gasteiger partial charge in [0.2, 0.25) is 11.8 Å². The van der Waals surface area contributed by atoms with Gasteiger partial charge in [0.15, 0.2) is 0 Å². The highest BCUT2D eigenvalue weighted by Gasteiger charge is 2.35. The zero-order valence-corrected chi connectivity index (χ0v) is 18.4. The van der Waals surface area contributed by atoms with Gasteiger partial charge < -0.3 is 20.3 Å². The number of ether oxygens (including phenoxy) is 1. The van der Waals surface area contributed by atoms with Crippen LogP contribution in [0.2, 0.25) is 0 Å². The van der Waals surface area contributed by atoms with Gasteiger partial charge in [-0.05, 0) is 69.3 Å². The number of amides is 3. The molecule has 8 heteroatoms. The van der Waals surface area contributed by atoms with E-state index in [-0.39, 0.29) is 36.1 Å². The Morgan fingerprint density at radius 1 is 0.969 bits per heavy atom. The fourth-order valence-corrected chi connectivity index (χ4v) is 3.46. The van der Waals surface area contributed by atoms with E-state index in [0.717, 1.165) is 0 Å². The molecule has 1 unspecified atom stereocenters. The van der Waals surface area contributed by atoms with Crippen LogP contribution in [-0.2, 0) is 14.3 Å². The van der Waals surface area contributed by atoms with Crippen molar-refractivity contribution in [3.8, 4) is 0 Å². The van der Waals surface area contributed by atoms with Crippen LogP contribution in [0, 0.1) is 5.92 Å². The van der Waals surface area contributed by atoms with Gasteiger partial charge >= 0.3 is 5.97 Å². The Hall–Kier alpha value is -3.68. The van der Waals surface area contributed by atoms with E-state index in [1.165, 1.54) is 0 Å². The van der Waals surface area contributed by atoms with Gasteiger partial charge in [-0.15, -0.1) is 0 Å². The first-order valence-corrected chi connectivity index (χ1v) is 10.6. The summed E-state index contributed by atoms with van der Waals surface area (Å²) in [6, 6.07) is 13.0. The van der Waals surface area contributed by atoms with Crippen molar-refractivity contribution >= 4 is 35.1 Å². The van der Waals surface area contributed by atoms with Gasteiger partial charge in [0.25, 0.3) is 5.91 Å². The minimum atomic E-state index is -0.415. The molecule has 0 bridgehead atoms. The van der Waals surface area contributed by atoms with Crippen LogP contribution in [0.5, 0.6) is 0 Å². The number of likely N-dealkylation sites (tertiary alicyclic amines) is 1. The van der Waals surface area contributed by atoms with Crippen LogP contribution in [0.4, 0.5) is 11.4 Å². The highest BCUT2D eigenvalue weighted by Crippen LogP contribution is 2.22. The maximum atomic E-state index is 12.5. The summed E-state index contributed by atoms with van der Waals surface area (Å²) in [4.78, 5) is 50.4. The first kappa shape index (κ1) is 23.0. The lowest BCUT2D eigenvalue weighted by molar-refractivity contribution is -0.129. The molecule has 3 rings (SSSR count). The molecule has 1 fully saturated rings. The second kappa shape index (κ2) is 10.1. The molecule has 2 aromatic rings. The number of nitrogens with one attached hydrogen (secondary N) is 2. The average molecular weight is 437 g/mol. The summed E-state index contributed by atoms with van der Waals surface area (Å²) >= 11 is 0. The lowest BCUT2D eigenvalue weighted by Gasteiger charge is -2.20. The van der Waals surface area contributed by atoms with Crippen LogP contribution < -0.4 is 10.6 Å². The smallest absolute Gasteiger partial charge is 0.338 e. The number of benzene rings is 2. The number of carbonyl (C=O) groups excluding carboxylic acids is 4. The van der Waals surface area contributed by atoms with Gasteiger partial charge in [0.05, 0.1) is 18.1 Å². The van der Waals surface area contributed by atoms with Crippen LogP contribution in [0.1, 0.15) is 47.9 Å². The summed E-state index contributed by atoms with van der Waals surface area (Å²) in [6.07, 6.45) is 0.208. The molecule has 0 saturated carbocycles.